The van der Waals surface area contributed by atoms with Crippen molar-refractivity contribution in [3.63, 3.8) is 0 Å². The summed E-state index contributed by atoms with van der Waals surface area (Å²) in [5.41, 5.74) is 0. The molecule has 1 unspecified atom stereocenters. The lowest BCUT2D eigenvalue weighted by molar-refractivity contribution is -0.117. The Bertz CT molecular complexity index is 136. The lowest BCUT2D eigenvalue weighted by atomic mass is 10.4. The average molecular weight is 174 g/mol. The highest BCUT2D eigenvalue weighted by Gasteiger charge is 2.21. The van der Waals surface area contributed by atoms with Crippen LogP contribution in [0, 0.1) is 0 Å². The second-order valence-electron chi connectivity index (χ2n) is 2.85. The number of carbonyl (C=O) groups is 1. The van der Waals surface area contributed by atoms with Crippen molar-refractivity contribution >= 4 is 17.5 Å². The van der Waals surface area contributed by atoms with Crippen molar-refractivity contribution in [3.05, 3.63) is 0 Å². The highest BCUT2D eigenvalue weighted by Crippen LogP contribution is 2.27. The first-order valence-corrected chi connectivity index (χ1v) is 5.12. The summed E-state index contributed by atoms with van der Waals surface area (Å²) in [5.74, 6) is 1.40. The minimum absolute atomic E-state index is 0.271. The predicted molar refractivity (Wildman–Crippen MR) is 46.8 cm³/mol. The van der Waals surface area contributed by atoms with Gasteiger partial charge in [0.2, 0.25) is 0 Å². The van der Waals surface area contributed by atoms with Crippen LogP contribution in [-0.2, 0) is 4.79 Å². The van der Waals surface area contributed by atoms with E-state index in [1.165, 1.54) is 0 Å². The molecule has 0 radical (unpaired) electrons. The molecule has 1 fully saturated rings. The maximum absolute atomic E-state index is 10.8. The maximum Gasteiger partial charge on any atom is 0.134 e. The van der Waals surface area contributed by atoms with Crippen LogP contribution in [0.25, 0.3) is 0 Å². The van der Waals surface area contributed by atoms with Gasteiger partial charge < -0.3 is 5.11 Å². The summed E-state index contributed by atoms with van der Waals surface area (Å²) >= 11 is 1.83. The van der Waals surface area contributed by atoms with Gasteiger partial charge in [0.15, 0.2) is 0 Å². The fraction of sp³-hybridized carbons (Fsp3) is 0.875. The van der Waals surface area contributed by atoms with Crippen molar-refractivity contribution < 1.29 is 9.90 Å². The zero-order valence-corrected chi connectivity index (χ0v) is 7.40. The average Bonchev–Trinajstić information content (AvgIpc) is 2.37. The van der Waals surface area contributed by atoms with Crippen molar-refractivity contribution in [1.29, 1.82) is 0 Å². The third-order valence-electron chi connectivity index (χ3n) is 1.86. The van der Waals surface area contributed by atoms with Gasteiger partial charge in [-0.3, -0.25) is 4.79 Å². The Morgan fingerprint density at radius 3 is 3.00 bits per heavy atom. The van der Waals surface area contributed by atoms with Crippen LogP contribution in [0.1, 0.15) is 25.7 Å². The van der Waals surface area contributed by atoms with E-state index in [-0.39, 0.29) is 6.61 Å². The topological polar surface area (TPSA) is 37.3 Å². The smallest absolute Gasteiger partial charge is 0.134 e. The normalized spacial score (nSPS) is 24.5. The number of thioether (sulfide) groups is 1. The van der Waals surface area contributed by atoms with Crippen LogP contribution in [0.3, 0.4) is 0 Å². The van der Waals surface area contributed by atoms with Crippen LogP contribution < -0.4 is 0 Å². The molecule has 1 aliphatic rings. The Morgan fingerprint density at radius 1 is 1.64 bits per heavy atom. The van der Waals surface area contributed by atoms with Crippen LogP contribution in [0.15, 0.2) is 0 Å². The molecule has 64 valence electrons. The van der Waals surface area contributed by atoms with E-state index in [9.17, 15) is 4.79 Å². The second kappa shape index (κ2) is 4.78. The van der Waals surface area contributed by atoms with Gasteiger partial charge in [0.25, 0.3) is 0 Å². The molecule has 0 amide bonds. The van der Waals surface area contributed by atoms with E-state index in [0.717, 1.165) is 31.4 Å². The summed E-state index contributed by atoms with van der Waals surface area (Å²) < 4.78 is 0. The second-order valence-corrected chi connectivity index (χ2v) is 4.26. The summed E-state index contributed by atoms with van der Waals surface area (Å²) in [5, 5.41) is 9.06. The molecule has 0 aliphatic heterocycles. The van der Waals surface area contributed by atoms with Gasteiger partial charge in [-0.15, -0.1) is 0 Å². The SMILES string of the molecule is O=C1CCC(SCCCO)C1. The maximum atomic E-state index is 10.8. The number of carbonyl (C=O) groups excluding carboxylic acids is 1. The minimum Gasteiger partial charge on any atom is -0.396 e. The molecule has 0 spiro atoms. The molecule has 0 aromatic heterocycles. The summed E-state index contributed by atoms with van der Waals surface area (Å²) in [6.07, 6.45) is 3.44. The lowest BCUT2D eigenvalue weighted by Crippen LogP contribution is -1.98. The first-order chi connectivity index (χ1) is 5.33. The number of hydrogen-bond donors (Lipinski definition) is 1. The first kappa shape index (κ1) is 9.07. The van der Waals surface area contributed by atoms with Gasteiger partial charge in [-0.2, -0.15) is 11.8 Å². The van der Waals surface area contributed by atoms with E-state index in [4.69, 9.17) is 5.11 Å². The largest absolute Gasteiger partial charge is 0.396 e. The quantitative estimate of drug-likeness (QED) is 0.651. The molecule has 1 aliphatic carbocycles. The van der Waals surface area contributed by atoms with E-state index in [2.05, 4.69) is 0 Å². The van der Waals surface area contributed by atoms with Gasteiger partial charge >= 0.3 is 0 Å². The van der Waals surface area contributed by atoms with E-state index in [1.54, 1.807) is 0 Å². The Kier molecular flexibility index (Phi) is 3.94. The van der Waals surface area contributed by atoms with Crippen LogP contribution in [0.5, 0.6) is 0 Å². The Hall–Kier alpha value is -0.0200. The van der Waals surface area contributed by atoms with Crippen molar-refractivity contribution in [3.8, 4) is 0 Å². The monoisotopic (exact) mass is 174 g/mol. The number of rotatable bonds is 4. The molecule has 0 aromatic carbocycles. The molecule has 1 saturated carbocycles. The molecule has 3 heteroatoms. The molecular formula is C8H14O2S. The minimum atomic E-state index is 0.271. The van der Waals surface area contributed by atoms with Gasteiger partial charge in [-0.25, -0.2) is 0 Å². The molecule has 1 N–H and O–H groups in total. The lowest BCUT2D eigenvalue weighted by Gasteiger charge is -2.05. The zero-order chi connectivity index (χ0) is 8.10. The van der Waals surface area contributed by atoms with Gasteiger partial charge in [-0.1, -0.05) is 0 Å². The molecule has 0 bridgehead atoms. The van der Waals surface area contributed by atoms with Crippen LogP contribution in [0.2, 0.25) is 0 Å². The fourth-order valence-corrected chi connectivity index (χ4v) is 2.45. The molecule has 11 heavy (non-hydrogen) atoms. The van der Waals surface area contributed by atoms with Crippen molar-refractivity contribution in [2.45, 2.75) is 30.9 Å². The zero-order valence-electron chi connectivity index (χ0n) is 6.58. The van der Waals surface area contributed by atoms with Gasteiger partial charge in [0, 0.05) is 24.7 Å². The number of hydrogen-bond acceptors (Lipinski definition) is 3. The summed E-state index contributed by atoms with van der Waals surface area (Å²) in [6, 6.07) is 0. The molecule has 1 rings (SSSR count). The molecule has 1 atom stereocenters. The highest BCUT2D eigenvalue weighted by molar-refractivity contribution is 7.99. The van der Waals surface area contributed by atoms with Gasteiger partial charge in [-0.05, 0) is 18.6 Å². The van der Waals surface area contributed by atoms with Crippen molar-refractivity contribution in [2.75, 3.05) is 12.4 Å². The van der Waals surface area contributed by atoms with E-state index in [0.29, 0.717) is 11.0 Å². The number of Topliss-reactive ketones (excluding diaryl/α,β-unsaturated/α-hetero) is 1. The van der Waals surface area contributed by atoms with Crippen molar-refractivity contribution in [2.24, 2.45) is 0 Å². The van der Waals surface area contributed by atoms with Gasteiger partial charge in [0.1, 0.15) is 5.78 Å². The fourth-order valence-electron chi connectivity index (χ4n) is 1.24. The summed E-state index contributed by atoms with van der Waals surface area (Å²) in [7, 11) is 0. The molecular weight excluding hydrogens is 160 g/mol. The third-order valence-corrected chi connectivity index (χ3v) is 3.25. The van der Waals surface area contributed by atoms with Crippen LogP contribution in [0.4, 0.5) is 0 Å². The van der Waals surface area contributed by atoms with Crippen molar-refractivity contribution in [1.82, 2.24) is 0 Å². The Morgan fingerprint density at radius 2 is 2.45 bits per heavy atom. The number of aliphatic hydroxyl groups is 1. The molecule has 0 aromatic rings. The number of aliphatic hydroxyl groups excluding tert-OH is 1. The molecule has 2 nitrogen and oxygen atoms in total. The molecule has 0 heterocycles. The standard InChI is InChI=1S/C8H14O2S/c9-4-1-5-11-8-3-2-7(10)6-8/h8-9H,1-6H2. The first-order valence-electron chi connectivity index (χ1n) is 4.07. The predicted octanol–water partition coefficient (Wildman–Crippen LogP) is 1.22. The van der Waals surface area contributed by atoms with E-state index in [1.807, 2.05) is 11.8 Å². The number of ketones is 1. The van der Waals surface area contributed by atoms with Crippen LogP contribution in [-0.4, -0.2) is 28.5 Å². The van der Waals surface area contributed by atoms with Crippen LogP contribution >= 0.6 is 11.8 Å². The molecule has 0 saturated heterocycles. The summed E-state index contributed by atoms with van der Waals surface area (Å²) in [6.45, 7) is 0.271. The van der Waals surface area contributed by atoms with Gasteiger partial charge in [0.05, 0.1) is 0 Å². The summed E-state index contributed by atoms with van der Waals surface area (Å²) in [4.78, 5) is 10.8. The highest BCUT2D eigenvalue weighted by atomic mass is 32.2. The Balaban J connectivity index is 2.04. The van der Waals surface area contributed by atoms with E-state index >= 15 is 0 Å². The Labute approximate surface area is 71.4 Å². The third kappa shape index (κ3) is 3.25. The van der Waals surface area contributed by atoms with E-state index < -0.39 is 0 Å².